The Balaban J connectivity index is 1.45. The van der Waals surface area contributed by atoms with Gasteiger partial charge in [-0.05, 0) is 47.9 Å². The van der Waals surface area contributed by atoms with E-state index in [1.807, 2.05) is 36.4 Å². The number of carbonyl (C=O) groups is 1. The Morgan fingerprint density at radius 1 is 1.09 bits per heavy atom. The second kappa shape index (κ2) is 8.87. The third-order valence-corrected chi connectivity index (χ3v) is 6.22. The minimum atomic E-state index is -0.960. The second-order valence-electron chi connectivity index (χ2n) is 7.83. The summed E-state index contributed by atoms with van der Waals surface area (Å²) in [6.45, 7) is 0.270. The number of hydrogen-bond donors (Lipinski definition) is 0. The summed E-state index contributed by atoms with van der Waals surface area (Å²) in [6.07, 6.45) is 2.10. The Kier molecular flexibility index (Phi) is 5.75. The number of nitrogens with zero attached hydrogens (tertiary/aromatic N) is 4. The molecule has 1 aliphatic rings. The van der Waals surface area contributed by atoms with Gasteiger partial charge >= 0.3 is 0 Å². The van der Waals surface area contributed by atoms with Crippen LogP contribution in [0.4, 0.5) is 14.6 Å². The SMILES string of the molecule is COc1cccc(-c2ccnc(N3CCc4c(nn(Cc5cccc(F)c5F)c4Cl)C3=O)c2)c1. The number of methoxy groups -OCH3 is 1. The highest BCUT2D eigenvalue weighted by Gasteiger charge is 2.32. The molecular weight excluding hydrogens is 462 g/mol. The molecule has 9 heteroatoms. The lowest BCUT2D eigenvalue weighted by atomic mass is 10.0. The minimum absolute atomic E-state index is 0.0910. The topological polar surface area (TPSA) is 60.2 Å². The van der Waals surface area contributed by atoms with Gasteiger partial charge in [-0.2, -0.15) is 5.10 Å². The van der Waals surface area contributed by atoms with E-state index in [1.54, 1.807) is 18.2 Å². The number of benzene rings is 2. The summed E-state index contributed by atoms with van der Waals surface area (Å²) in [7, 11) is 1.61. The number of carbonyl (C=O) groups excluding carboxylic acids is 1. The zero-order valence-corrected chi connectivity index (χ0v) is 18.9. The summed E-state index contributed by atoms with van der Waals surface area (Å²) in [6, 6.07) is 15.2. The van der Waals surface area contributed by atoms with Crippen molar-refractivity contribution in [1.29, 1.82) is 0 Å². The van der Waals surface area contributed by atoms with Gasteiger partial charge in [0, 0.05) is 23.9 Å². The third-order valence-electron chi connectivity index (χ3n) is 5.79. The molecule has 0 fully saturated rings. The van der Waals surface area contributed by atoms with E-state index in [0.29, 0.717) is 24.3 Å². The van der Waals surface area contributed by atoms with Crippen molar-refractivity contribution in [2.75, 3.05) is 18.6 Å². The monoisotopic (exact) mass is 480 g/mol. The second-order valence-corrected chi connectivity index (χ2v) is 8.19. The summed E-state index contributed by atoms with van der Waals surface area (Å²) >= 11 is 6.46. The van der Waals surface area contributed by atoms with Crippen molar-refractivity contribution in [3.63, 3.8) is 0 Å². The average Bonchev–Trinajstić information content (AvgIpc) is 3.18. The highest BCUT2D eigenvalue weighted by atomic mass is 35.5. The first-order chi connectivity index (χ1) is 16.5. The molecule has 0 bridgehead atoms. The number of halogens is 3. The number of fused-ring (bicyclic) bond motifs is 1. The molecule has 6 nitrogen and oxygen atoms in total. The number of anilines is 1. The van der Waals surface area contributed by atoms with Crippen LogP contribution in [-0.4, -0.2) is 34.3 Å². The fraction of sp³-hybridized carbons (Fsp3) is 0.160. The molecule has 0 saturated heterocycles. The summed E-state index contributed by atoms with van der Waals surface area (Å²) in [5, 5.41) is 4.58. The molecule has 0 N–H and O–H groups in total. The number of amides is 1. The number of rotatable bonds is 5. The van der Waals surface area contributed by atoms with Gasteiger partial charge in [-0.3, -0.25) is 9.69 Å². The molecule has 0 aliphatic carbocycles. The molecule has 5 rings (SSSR count). The normalized spacial score (nSPS) is 13.2. The molecule has 4 aromatic rings. The first kappa shape index (κ1) is 22.0. The van der Waals surface area contributed by atoms with Crippen LogP contribution < -0.4 is 9.64 Å². The van der Waals surface area contributed by atoms with Crippen molar-refractivity contribution in [2.24, 2.45) is 0 Å². The zero-order chi connectivity index (χ0) is 23.8. The predicted molar refractivity (Wildman–Crippen MR) is 124 cm³/mol. The Labute approximate surface area is 199 Å². The van der Waals surface area contributed by atoms with Crippen LogP contribution >= 0.6 is 11.6 Å². The standard InChI is InChI=1S/C25H19ClF2N4O2/c1-34-18-6-2-4-15(12-18)16-8-10-29-21(13-16)31-11-9-19-23(25(31)33)30-32(24(19)26)14-17-5-3-7-20(27)22(17)28/h2-8,10,12-13H,9,11,14H2,1H3. The molecule has 3 heterocycles. The van der Waals surface area contributed by atoms with Gasteiger partial charge in [0.1, 0.15) is 16.7 Å². The van der Waals surface area contributed by atoms with E-state index in [1.165, 1.54) is 16.8 Å². The van der Waals surface area contributed by atoms with Crippen molar-refractivity contribution in [3.05, 3.63) is 94.4 Å². The van der Waals surface area contributed by atoms with Crippen molar-refractivity contribution in [3.8, 4) is 16.9 Å². The third kappa shape index (κ3) is 3.90. The maximum atomic E-state index is 14.1. The number of ether oxygens (including phenoxy) is 1. The van der Waals surface area contributed by atoms with Crippen LogP contribution in [0.1, 0.15) is 21.6 Å². The molecule has 2 aromatic carbocycles. The van der Waals surface area contributed by atoms with Gasteiger partial charge in [-0.1, -0.05) is 35.9 Å². The molecule has 2 aromatic heterocycles. The molecule has 1 amide bonds. The van der Waals surface area contributed by atoms with Crippen LogP contribution in [0.5, 0.6) is 5.75 Å². The Bertz CT molecular complexity index is 1410. The van der Waals surface area contributed by atoms with Crippen LogP contribution in [0.25, 0.3) is 11.1 Å². The molecule has 0 atom stereocenters. The lowest BCUT2D eigenvalue weighted by molar-refractivity contribution is 0.0974. The summed E-state index contributed by atoms with van der Waals surface area (Å²) < 4.78 is 34.4. The van der Waals surface area contributed by atoms with Gasteiger partial charge in [0.05, 0.1) is 13.7 Å². The van der Waals surface area contributed by atoms with E-state index in [-0.39, 0.29) is 28.9 Å². The van der Waals surface area contributed by atoms with E-state index >= 15 is 0 Å². The van der Waals surface area contributed by atoms with Gasteiger partial charge in [0.25, 0.3) is 5.91 Å². The van der Waals surface area contributed by atoms with Crippen LogP contribution in [-0.2, 0) is 13.0 Å². The number of aromatic nitrogens is 3. The molecule has 1 aliphatic heterocycles. The maximum absolute atomic E-state index is 14.1. The minimum Gasteiger partial charge on any atom is -0.497 e. The van der Waals surface area contributed by atoms with Crippen LogP contribution in [0.15, 0.2) is 60.8 Å². The molecule has 172 valence electrons. The van der Waals surface area contributed by atoms with E-state index < -0.39 is 11.6 Å². The van der Waals surface area contributed by atoms with E-state index in [0.717, 1.165) is 22.9 Å². The number of hydrogen-bond acceptors (Lipinski definition) is 4. The van der Waals surface area contributed by atoms with Crippen LogP contribution in [0, 0.1) is 11.6 Å². The Morgan fingerprint density at radius 3 is 2.71 bits per heavy atom. The van der Waals surface area contributed by atoms with Gasteiger partial charge in [-0.25, -0.2) is 18.4 Å². The highest BCUT2D eigenvalue weighted by Crippen LogP contribution is 2.31. The summed E-state index contributed by atoms with van der Waals surface area (Å²) in [4.78, 5) is 19.2. The largest absolute Gasteiger partial charge is 0.497 e. The van der Waals surface area contributed by atoms with Gasteiger partial charge in [-0.15, -0.1) is 0 Å². The van der Waals surface area contributed by atoms with E-state index in [2.05, 4.69) is 10.1 Å². The zero-order valence-electron chi connectivity index (χ0n) is 18.1. The van der Waals surface area contributed by atoms with Gasteiger partial charge in [0.2, 0.25) is 0 Å². The predicted octanol–water partition coefficient (Wildman–Crippen LogP) is 5.14. The Hall–Kier alpha value is -3.78. The van der Waals surface area contributed by atoms with Crippen molar-refractivity contribution in [1.82, 2.24) is 14.8 Å². The summed E-state index contributed by atoms with van der Waals surface area (Å²) in [5.41, 5.74) is 2.68. The van der Waals surface area contributed by atoms with Crippen molar-refractivity contribution >= 4 is 23.3 Å². The first-order valence-electron chi connectivity index (χ1n) is 10.6. The highest BCUT2D eigenvalue weighted by molar-refractivity contribution is 6.31. The van der Waals surface area contributed by atoms with E-state index in [9.17, 15) is 13.6 Å². The number of pyridine rings is 1. The molecular formula is C25H19ClF2N4O2. The fourth-order valence-electron chi connectivity index (χ4n) is 4.03. The van der Waals surface area contributed by atoms with Crippen molar-refractivity contribution in [2.45, 2.75) is 13.0 Å². The van der Waals surface area contributed by atoms with Gasteiger partial charge in [0.15, 0.2) is 17.3 Å². The first-order valence-corrected chi connectivity index (χ1v) is 10.9. The average molecular weight is 481 g/mol. The quantitative estimate of drug-likeness (QED) is 0.397. The fourth-order valence-corrected chi connectivity index (χ4v) is 4.31. The summed E-state index contributed by atoms with van der Waals surface area (Å²) in [5.74, 6) is -1.05. The lowest BCUT2D eigenvalue weighted by Crippen LogP contribution is -2.38. The Morgan fingerprint density at radius 2 is 1.88 bits per heavy atom. The molecule has 0 unspecified atom stereocenters. The lowest BCUT2D eigenvalue weighted by Gasteiger charge is -2.25. The molecule has 34 heavy (non-hydrogen) atoms. The van der Waals surface area contributed by atoms with Crippen molar-refractivity contribution < 1.29 is 18.3 Å². The van der Waals surface area contributed by atoms with Gasteiger partial charge < -0.3 is 4.74 Å². The maximum Gasteiger partial charge on any atom is 0.280 e. The van der Waals surface area contributed by atoms with E-state index in [4.69, 9.17) is 16.3 Å². The van der Waals surface area contributed by atoms with Crippen LogP contribution in [0.2, 0.25) is 5.15 Å². The smallest absolute Gasteiger partial charge is 0.280 e. The molecule has 0 saturated carbocycles. The molecule has 0 radical (unpaired) electrons. The molecule has 0 spiro atoms. The van der Waals surface area contributed by atoms with Crippen LogP contribution in [0.3, 0.4) is 0 Å².